The van der Waals surface area contributed by atoms with E-state index in [1.54, 1.807) is 31.5 Å². The first-order valence-corrected chi connectivity index (χ1v) is 12.5. The van der Waals surface area contributed by atoms with E-state index in [9.17, 15) is 9.90 Å². The Hall–Kier alpha value is -2.79. The number of nitrogens with one attached hydrogen (secondary N) is 2. The van der Waals surface area contributed by atoms with Gasteiger partial charge in [0.15, 0.2) is 0 Å². The molecule has 4 heterocycles. The Bertz CT molecular complexity index is 1210. The van der Waals surface area contributed by atoms with Crippen LogP contribution >= 0.6 is 11.8 Å². The number of pyridine rings is 2. The number of alkyl halides is 1. The maximum Gasteiger partial charge on any atom is 0.239 e. The number of aromatic nitrogens is 2. The van der Waals surface area contributed by atoms with Gasteiger partial charge in [-0.25, -0.2) is 9.37 Å². The van der Waals surface area contributed by atoms with Gasteiger partial charge < -0.3 is 20.5 Å². The number of aliphatic hydroxyl groups excluding tert-OH is 1. The van der Waals surface area contributed by atoms with Gasteiger partial charge in [0, 0.05) is 48.4 Å². The maximum atomic E-state index is 15.1. The summed E-state index contributed by atoms with van der Waals surface area (Å²) in [4.78, 5) is 24.1. The van der Waals surface area contributed by atoms with Crippen molar-refractivity contribution >= 4 is 34.4 Å². The summed E-state index contributed by atoms with van der Waals surface area (Å²) in [6, 6.07) is 12.6. The van der Waals surface area contributed by atoms with Gasteiger partial charge in [0.2, 0.25) is 11.8 Å². The number of ether oxygens (including phenoxy) is 1. The third-order valence-electron chi connectivity index (χ3n) is 6.49. The van der Waals surface area contributed by atoms with Crippen molar-refractivity contribution < 1.29 is 19.0 Å². The topological polar surface area (TPSA) is 99.6 Å². The number of carbonyl (C=O) groups is 1. The fourth-order valence-corrected chi connectivity index (χ4v) is 5.66. The summed E-state index contributed by atoms with van der Waals surface area (Å²) in [5.74, 6) is 0.384. The molecule has 2 aliphatic heterocycles. The minimum atomic E-state index is -1.10. The normalized spacial score (nSPS) is 23.5. The predicted molar refractivity (Wildman–Crippen MR) is 134 cm³/mol. The van der Waals surface area contributed by atoms with Gasteiger partial charge in [-0.2, -0.15) is 0 Å². The number of halogens is 1. The van der Waals surface area contributed by atoms with Crippen molar-refractivity contribution in [1.82, 2.24) is 20.2 Å². The molecule has 2 aromatic heterocycles. The molecule has 0 aliphatic carbocycles. The molecule has 3 N–H and O–H groups in total. The average molecular weight is 498 g/mol. The molecule has 0 radical (unpaired) electrons. The van der Waals surface area contributed by atoms with E-state index in [4.69, 9.17) is 4.74 Å². The van der Waals surface area contributed by atoms with Gasteiger partial charge in [0.05, 0.1) is 29.9 Å². The Morgan fingerprint density at radius 2 is 2.17 bits per heavy atom. The van der Waals surface area contributed by atoms with Gasteiger partial charge in [0.25, 0.3) is 0 Å². The predicted octanol–water partition coefficient (Wildman–Crippen LogP) is 2.79. The lowest BCUT2D eigenvalue weighted by Crippen LogP contribution is -2.53. The van der Waals surface area contributed by atoms with E-state index in [0.717, 1.165) is 10.6 Å². The number of benzene rings is 1. The van der Waals surface area contributed by atoms with Crippen LogP contribution in [0.5, 0.6) is 5.88 Å². The van der Waals surface area contributed by atoms with Crippen molar-refractivity contribution in [3.8, 4) is 5.88 Å². The molecule has 0 saturated carbocycles. The van der Waals surface area contributed by atoms with Gasteiger partial charge in [-0.15, -0.1) is 11.8 Å². The van der Waals surface area contributed by atoms with E-state index < -0.39 is 12.3 Å². The second kappa shape index (κ2) is 10.4. The summed E-state index contributed by atoms with van der Waals surface area (Å²) in [5, 5.41) is 16.8. The van der Waals surface area contributed by atoms with Crippen LogP contribution in [0.1, 0.15) is 18.1 Å². The fraction of sp³-hybridized carbons (Fsp3) is 0.400. The third kappa shape index (κ3) is 5.25. The summed E-state index contributed by atoms with van der Waals surface area (Å²) in [6.07, 6.45) is 0.291. The molecule has 1 unspecified atom stereocenters. The number of fused-ring (bicyclic) bond motifs is 2. The van der Waals surface area contributed by atoms with E-state index in [1.807, 2.05) is 29.2 Å². The number of hydrogen-bond donors (Lipinski definition) is 3. The van der Waals surface area contributed by atoms with Crippen molar-refractivity contribution in [2.45, 2.75) is 34.9 Å². The molecule has 2 aliphatic rings. The molecule has 8 nitrogen and oxygen atoms in total. The molecular formula is C25H28FN5O3S. The molecule has 1 aromatic carbocycles. The molecule has 184 valence electrons. The van der Waals surface area contributed by atoms with Crippen molar-refractivity contribution in [2.24, 2.45) is 0 Å². The number of piperidine rings is 1. The second-order valence-electron chi connectivity index (χ2n) is 8.81. The van der Waals surface area contributed by atoms with Gasteiger partial charge in [0.1, 0.15) is 11.4 Å². The van der Waals surface area contributed by atoms with Crippen LogP contribution in [0, 0.1) is 0 Å². The number of para-hydroxylation sites is 1. The lowest BCUT2D eigenvalue weighted by Gasteiger charge is -2.37. The van der Waals surface area contributed by atoms with Crippen LogP contribution in [-0.4, -0.2) is 76.6 Å². The fourth-order valence-electron chi connectivity index (χ4n) is 4.60. The summed E-state index contributed by atoms with van der Waals surface area (Å²) in [5.41, 5.74) is 2.72. The van der Waals surface area contributed by atoms with Gasteiger partial charge in [-0.3, -0.25) is 14.7 Å². The number of nitrogens with zero attached hydrogens (tertiary/aromatic N) is 3. The number of thioether (sulfide) groups is 1. The van der Waals surface area contributed by atoms with E-state index in [2.05, 4.69) is 20.6 Å². The molecule has 0 spiro atoms. The molecule has 35 heavy (non-hydrogen) atoms. The lowest BCUT2D eigenvalue weighted by atomic mass is 10.0. The Labute approximate surface area is 207 Å². The standard InChI is InChI=1S/C25H28FN5O3S/c1-34-23-7-6-19-24(30-23)15(8-10-27-19)20(32)14-31-11-9-17(16(26)13-31)28-12-22-25(33)29-18-4-2-3-5-21(18)35-22/h2-8,10,16-17,20,22,28,32H,9,11-14H2,1H3,(H,29,33)/t16-,17+,20+,22?/m1/s1. The zero-order chi connectivity index (χ0) is 24.4. The quantitative estimate of drug-likeness (QED) is 0.458. The highest BCUT2D eigenvalue weighted by Crippen LogP contribution is 2.35. The van der Waals surface area contributed by atoms with Crippen LogP contribution in [-0.2, 0) is 4.79 Å². The summed E-state index contributed by atoms with van der Waals surface area (Å²) >= 11 is 1.50. The number of rotatable bonds is 7. The zero-order valence-electron chi connectivity index (χ0n) is 19.4. The summed E-state index contributed by atoms with van der Waals surface area (Å²) in [6.45, 7) is 1.54. The van der Waals surface area contributed by atoms with Crippen molar-refractivity contribution in [3.63, 3.8) is 0 Å². The van der Waals surface area contributed by atoms with Crippen LogP contribution in [0.2, 0.25) is 0 Å². The SMILES string of the molecule is COc1ccc2nccc([C@@H](O)CN3CC[C@H](NCC4Sc5ccccc5NC4=O)[C@H](F)C3)c2n1. The average Bonchev–Trinajstić information content (AvgIpc) is 2.87. The molecule has 4 atom stereocenters. The van der Waals surface area contributed by atoms with E-state index in [-0.39, 0.29) is 23.7 Å². The van der Waals surface area contributed by atoms with Crippen LogP contribution in [0.15, 0.2) is 53.6 Å². The summed E-state index contributed by atoms with van der Waals surface area (Å²) in [7, 11) is 1.54. The minimum Gasteiger partial charge on any atom is -0.481 e. The third-order valence-corrected chi connectivity index (χ3v) is 7.76. The van der Waals surface area contributed by atoms with Crippen LogP contribution in [0.3, 0.4) is 0 Å². The molecule has 1 fully saturated rings. The first-order valence-electron chi connectivity index (χ1n) is 11.7. The van der Waals surface area contributed by atoms with Gasteiger partial charge in [-0.1, -0.05) is 12.1 Å². The van der Waals surface area contributed by atoms with Crippen molar-refractivity contribution in [2.75, 3.05) is 38.6 Å². The monoisotopic (exact) mass is 497 g/mol. The molecule has 1 saturated heterocycles. The summed E-state index contributed by atoms with van der Waals surface area (Å²) < 4.78 is 20.3. The van der Waals surface area contributed by atoms with Gasteiger partial charge >= 0.3 is 0 Å². The number of methoxy groups -OCH3 is 1. The molecule has 0 bridgehead atoms. The maximum absolute atomic E-state index is 15.1. The highest BCUT2D eigenvalue weighted by Gasteiger charge is 2.33. The number of anilines is 1. The Kier molecular flexibility index (Phi) is 7.14. The Morgan fingerprint density at radius 1 is 1.31 bits per heavy atom. The van der Waals surface area contributed by atoms with Crippen molar-refractivity contribution in [3.05, 3.63) is 54.2 Å². The Balaban J connectivity index is 1.16. The largest absolute Gasteiger partial charge is 0.481 e. The van der Waals surface area contributed by atoms with Crippen molar-refractivity contribution in [1.29, 1.82) is 0 Å². The highest BCUT2D eigenvalue weighted by molar-refractivity contribution is 8.01. The molecule has 10 heteroatoms. The van der Waals surface area contributed by atoms with E-state index in [1.165, 1.54) is 11.8 Å². The molecule has 5 rings (SSSR count). The van der Waals surface area contributed by atoms with E-state index in [0.29, 0.717) is 48.5 Å². The number of likely N-dealkylation sites (tertiary alicyclic amines) is 1. The van der Waals surface area contributed by atoms with Gasteiger partial charge in [-0.05, 0) is 37.2 Å². The first kappa shape index (κ1) is 23.9. The zero-order valence-corrected chi connectivity index (χ0v) is 20.2. The van der Waals surface area contributed by atoms with Crippen LogP contribution in [0.4, 0.5) is 10.1 Å². The van der Waals surface area contributed by atoms with Crippen LogP contribution in [0.25, 0.3) is 11.0 Å². The second-order valence-corrected chi connectivity index (χ2v) is 10.1. The molecule has 1 amide bonds. The molecule has 3 aromatic rings. The Morgan fingerprint density at radius 3 is 3.00 bits per heavy atom. The lowest BCUT2D eigenvalue weighted by molar-refractivity contribution is -0.115. The highest BCUT2D eigenvalue weighted by atomic mass is 32.2. The first-order chi connectivity index (χ1) is 17.0. The number of carbonyl (C=O) groups excluding carboxylic acids is 1. The minimum absolute atomic E-state index is 0.0630. The number of hydrogen-bond acceptors (Lipinski definition) is 8. The molecular weight excluding hydrogens is 469 g/mol. The van der Waals surface area contributed by atoms with Crippen LogP contribution < -0.4 is 15.4 Å². The number of aliphatic hydroxyl groups is 1. The smallest absolute Gasteiger partial charge is 0.239 e. The number of β-amino-alcohol motifs (C(OH)–C–C–N with tert-alkyl or cyclic N) is 1. The number of amides is 1. The van der Waals surface area contributed by atoms with E-state index >= 15 is 4.39 Å².